The molecule has 0 bridgehead atoms. The van der Waals surface area contributed by atoms with Crippen molar-refractivity contribution in [2.24, 2.45) is 5.92 Å². The van der Waals surface area contributed by atoms with E-state index in [0.29, 0.717) is 5.02 Å². The number of hydrogen-bond acceptors (Lipinski definition) is 2. The molecule has 1 saturated carbocycles. The smallest absolute Gasteiger partial charge is 0.114 e. The third kappa shape index (κ3) is 1.44. The van der Waals surface area contributed by atoms with Gasteiger partial charge in [-0.1, -0.05) is 27.5 Å². The maximum atomic E-state index is 13.4. The van der Waals surface area contributed by atoms with Gasteiger partial charge >= 0.3 is 0 Å². The van der Waals surface area contributed by atoms with E-state index in [-0.39, 0.29) is 12.0 Å². The molecule has 1 aromatic rings. The van der Waals surface area contributed by atoms with E-state index in [9.17, 15) is 4.39 Å². The lowest BCUT2D eigenvalue weighted by atomic mass is 9.87. The van der Waals surface area contributed by atoms with Gasteiger partial charge in [-0.15, -0.1) is 0 Å². The van der Waals surface area contributed by atoms with Crippen LogP contribution < -0.4 is 5.48 Å². The number of rotatable bonds is 2. The zero-order valence-electron chi connectivity index (χ0n) is 8.34. The molecule has 2 aliphatic rings. The molecule has 1 aliphatic carbocycles. The maximum Gasteiger partial charge on any atom is 0.114 e. The van der Waals surface area contributed by atoms with Gasteiger partial charge in [0, 0.05) is 15.4 Å². The van der Waals surface area contributed by atoms with Crippen LogP contribution in [0.1, 0.15) is 12.0 Å². The van der Waals surface area contributed by atoms with Crippen molar-refractivity contribution in [2.75, 3.05) is 6.67 Å². The fraction of sp³-hybridized carbons (Fsp3) is 0.455. The fourth-order valence-electron chi connectivity index (χ4n) is 2.37. The minimum absolute atomic E-state index is 0.144. The first-order valence-electron chi connectivity index (χ1n) is 5.12. The molecule has 86 valence electrons. The van der Waals surface area contributed by atoms with Crippen LogP contribution in [0.15, 0.2) is 22.7 Å². The summed E-state index contributed by atoms with van der Waals surface area (Å²) in [5, 5.41) is 0.574. The number of hydrogen-bond donors (Lipinski definition) is 1. The molecule has 2 fully saturated rings. The van der Waals surface area contributed by atoms with Crippen LogP contribution in [-0.2, 0) is 10.4 Å². The van der Waals surface area contributed by atoms with E-state index in [2.05, 4.69) is 21.4 Å². The predicted molar refractivity (Wildman–Crippen MR) is 62.9 cm³/mol. The molecule has 1 aliphatic heterocycles. The Morgan fingerprint density at radius 2 is 2.44 bits per heavy atom. The van der Waals surface area contributed by atoms with Gasteiger partial charge in [0.15, 0.2) is 0 Å². The highest BCUT2D eigenvalue weighted by atomic mass is 79.9. The lowest BCUT2D eigenvalue weighted by molar-refractivity contribution is 0.00844. The molecule has 0 amide bonds. The van der Waals surface area contributed by atoms with Crippen molar-refractivity contribution in [3.05, 3.63) is 33.3 Å². The molecule has 1 N–H and O–H groups in total. The third-order valence-corrected chi connectivity index (χ3v) is 4.20. The molecule has 0 radical (unpaired) electrons. The predicted octanol–water partition coefficient (Wildman–Crippen LogP) is 3.19. The van der Waals surface area contributed by atoms with Crippen molar-refractivity contribution in [1.29, 1.82) is 0 Å². The summed E-state index contributed by atoms with van der Waals surface area (Å²) in [7, 11) is 0. The maximum absolute atomic E-state index is 13.4. The number of halogens is 3. The van der Waals surface area contributed by atoms with E-state index >= 15 is 0 Å². The lowest BCUT2D eigenvalue weighted by Crippen LogP contribution is -2.42. The first kappa shape index (κ1) is 11.0. The van der Waals surface area contributed by atoms with Gasteiger partial charge in [-0.25, -0.2) is 4.39 Å². The second-order valence-corrected chi connectivity index (χ2v) is 5.65. The van der Waals surface area contributed by atoms with E-state index in [1.165, 1.54) is 0 Å². The van der Waals surface area contributed by atoms with Crippen molar-refractivity contribution in [2.45, 2.75) is 18.1 Å². The van der Waals surface area contributed by atoms with Crippen LogP contribution >= 0.6 is 27.5 Å². The Balaban J connectivity index is 2.09. The van der Waals surface area contributed by atoms with Gasteiger partial charge in [0.2, 0.25) is 0 Å². The molecule has 0 unspecified atom stereocenters. The van der Waals surface area contributed by atoms with Gasteiger partial charge in [-0.3, -0.25) is 4.84 Å². The van der Waals surface area contributed by atoms with E-state index in [4.69, 9.17) is 16.4 Å². The van der Waals surface area contributed by atoms with Gasteiger partial charge in [-0.05, 0) is 30.2 Å². The zero-order chi connectivity index (χ0) is 11.3. The van der Waals surface area contributed by atoms with Gasteiger partial charge in [0.25, 0.3) is 0 Å². The third-order valence-electron chi connectivity index (χ3n) is 3.38. The van der Waals surface area contributed by atoms with Crippen LogP contribution in [0.5, 0.6) is 0 Å². The van der Waals surface area contributed by atoms with Gasteiger partial charge in [-0.2, -0.15) is 5.48 Å². The molecular weight excluding hydrogens is 296 g/mol. The van der Waals surface area contributed by atoms with Crippen LogP contribution in [0, 0.1) is 5.92 Å². The molecule has 1 saturated heterocycles. The Morgan fingerprint density at radius 1 is 1.62 bits per heavy atom. The molecule has 0 spiro atoms. The highest BCUT2D eigenvalue weighted by Crippen LogP contribution is 2.54. The molecule has 0 aromatic heterocycles. The Kier molecular flexibility index (Phi) is 2.51. The van der Waals surface area contributed by atoms with Crippen molar-refractivity contribution in [3.8, 4) is 0 Å². The van der Waals surface area contributed by atoms with Crippen LogP contribution in [0.25, 0.3) is 0 Å². The first-order chi connectivity index (χ1) is 7.67. The van der Waals surface area contributed by atoms with Gasteiger partial charge in [0.05, 0.1) is 6.10 Å². The van der Waals surface area contributed by atoms with Crippen LogP contribution in [-0.4, -0.2) is 12.8 Å². The molecule has 5 heteroatoms. The SMILES string of the molecule is FC[C@]1(c2cc(Br)ccc2Cl)NO[C@@H]2C[C@@H]21. The average molecular weight is 307 g/mol. The lowest BCUT2D eigenvalue weighted by Gasteiger charge is -2.28. The number of alkyl halides is 1. The fourth-order valence-corrected chi connectivity index (χ4v) is 3.02. The minimum Gasteiger partial charge on any atom is -0.297 e. The highest BCUT2D eigenvalue weighted by molar-refractivity contribution is 9.10. The standard InChI is InChI=1S/C11H10BrClFNO/c12-6-1-2-9(13)7(3-6)11(5-14)8-4-10(8)16-15-11/h1-3,8,10,15H,4-5H2/t8-,10+,11+/m0/s1. The summed E-state index contributed by atoms with van der Waals surface area (Å²) in [6, 6.07) is 5.48. The first-order valence-corrected chi connectivity index (χ1v) is 6.29. The van der Waals surface area contributed by atoms with E-state index < -0.39 is 12.2 Å². The van der Waals surface area contributed by atoms with Gasteiger partial charge < -0.3 is 0 Å². The summed E-state index contributed by atoms with van der Waals surface area (Å²) in [5.41, 5.74) is 2.84. The van der Waals surface area contributed by atoms with E-state index in [0.717, 1.165) is 16.5 Å². The number of hydroxylamine groups is 1. The zero-order valence-corrected chi connectivity index (χ0v) is 10.7. The van der Waals surface area contributed by atoms with Crippen molar-refractivity contribution in [3.63, 3.8) is 0 Å². The van der Waals surface area contributed by atoms with Gasteiger partial charge in [0.1, 0.15) is 12.2 Å². The second kappa shape index (κ2) is 3.67. The average Bonchev–Trinajstić information content (AvgIpc) is 2.98. The summed E-state index contributed by atoms with van der Waals surface area (Å²) < 4.78 is 14.3. The Bertz CT molecular complexity index is 444. The Labute approximate surface area is 106 Å². The van der Waals surface area contributed by atoms with Crippen LogP contribution in [0.2, 0.25) is 5.02 Å². The molecule has 3 rings (SSSR count). The number of nitrogens with one attached hydrogen (secondary N) is 1. The number of benzene rings is 1. The van der Waals surface area contributed by atoms with E-state index in [1.807, 2.05) is 12.1 Å². The van der Waals surface area contributed by atoms with Crippen molar-refractivity contribution >= 4 is 27.5 Å². The second-order valence-electron chi connectivity index (χ2n) is 4.33. The molecule has 2 nitrogen and oxygen atoms in total. The van der Waals surface area contributed by atoms with Crippen LogP contribution in [0.3, 0.4) is 0 Å². The largest absolute Gasteiger partial charge is 0.297 e. The summed E-state index contributed by atoms with van der Waals surface area (Å²) in [6.45, 7) is -0.510. The minimum atomic E-state index is -0.758. The van der Waals surface area contributed by atoms with Crippen LogP contribution in [0.4, 0.5) is 4.39 Å². The summed E-state index contributed by atoms with van der Waals surface area (Å²) in [5.74, 6) is 0.198. The van der Waals surface area contributed by atoms with Crippen molar-refractivity contribution in [1.82, 2.24) is 5.48 Å². The summed E-state index contributed by atoms with van der Waals surface area (Å²) >= 11 is 9.53. The number of fused-ring (bicyclic) bond motifs is 1. The normalized spacial score (nSPS) is 36.2. The molecule has 1 heterocycles. The molecule has 16 heavy (non-hydrogen) atoms. The van der Waals surface area contributed by atoms with Crippen molar-refractivity contribution < 1.29 is 9.23 Å². The highest BCUT2D eigenvalue weighted by Gasteiger charge is 2.61. The summed E-state index contributed by atoms with van der Waals surface area (Å²) in [4.78, 5) is 5.32. The quantitative estimate of drug-likeness (QED) is 0.906. The Morgan fingerprint density at radius 3 is 3.00 bits per heavy atom. The van der Waals surface area contributed by atoms with E-state index in [1.54, 1.807) is 6.07 Å². The molecule has 3 atom stereocenters. The molecular formula is C11H10BrClFNO. The Hall–Kier alpha value is -0.160. The monoisotopic (exact) mass is 305 g/mol. The molecule has 1 aromatic carbocycles. The topological polar surface area (TPSA) is 21.3 Å². The summed E-state index contributed by atoms with van der Waals surface area (Å²) in [6.07, 6.45) is 1.05.